The molecule has 0 fully saturated rings. The summed E-state index contributed by atoms with van der Waals surface area (Å²) in [5.74, 6) is -0.660. The highest BCUT2D eigenvalue weighted by molar-refractivity contribution is 5.73. The second-order valence-electron chi connectivity index (χ2n) is 4.47. The van der Waals surface area contributed by atoms with Gasteiger partial charge in [0.25, 0.3) is 0 Å². The van der Waals surface area contributed by atoms with Gasteiger partial charge in [0.1, 0.15) is 0 Å². The summed E-state index contributed by atoms with van der Waals surface area (Å²) in [5.41, 5.74) is 0. The fourth-order valence-corrected chi connectivity index (χ4v) is 1.52. The van der Waals surface area contributed by atoms with Crippen molar-refractivity contribution in [2.75, 3.05) is 13.1 Å². The van der Waals surface area contributed by atoms with Gasteiger partial charge < -0.3 is 20.3 Å². The Hall–Kier alpha value is -2.05. The van der Waals surface area contributed by atoms with Crippen LogP contribution >= 0.6 is 0 Å². The minimum Gasteiger partial charge on any atom is -0.481 e. The smallest absolute Gasteiger partial charge is 0.314 e. The normalized spacial score (nSPS) is 11.8. The van der Waals surface area contributed by atoms with E-state index in [-0.39, 0.29) is 18.4 Å². The first kappa shape index (κ1) is 15.0. The number of rotatable bonds is 8. The molecule has 1 aromatic heterocycles. The molecule has 7 heteroatoms. The maximum atomic E-state index is 11.5. The molecule has 1 heterocycles. The number of nitrogens with zero attached hydrogens (tertiary/aromatic N) is 2. The van der Waals surface area contributed by atoms with E-state index in [0.29, 0.717) is 26.1 Å². The Labute approximate surface area is 112 Å². The largest absolute Gasteiger partial charge is 0.481 e. The highest BCUT2D eigenvalue weighted by atomic mass is 16.4. The molecule has 0 saturated heterocycles. The van der Waals surface area contributed by atoms with Crippen molar-refractivity contribution in [2.45, 2.75) is 26.3 Å². The molecule has 0 spiro atoms. The number of aliphatic carboxylic acids is 1. The molecule has 0 bridgehead atoms. The second-order valence-corrected chi connectivity index (χ2v) is 4.47. The van der Waals surface area contributed by atoms with Crippen LogP contribution in [0.25, 0.3) is 0 Å². The molecule has 0 saturated carbocycles. The highest BCUT2D eigenvalue weighted by Gasteiger charge is 2.07. The summed E-state index contributed by atoms with van der Waals surface area (Å²) < 4.78 is 1.87. The zero-order valence-electron chi connectivity index (χ0n) is 11.0. The Bertz CT molecular complexity index is 392. The number of carbonyl (C=O) groups excluding carboxylic acids is 1. The first-order chi connectivity index (χ1) is 9.08. The molecular weight excluding hydrogens is 248 g/mol. The summed E-state index contributed by atoms with van der Waals surface area (Å²) in [6, 6.07) is -0.234. The summed E-state index contributed by atoms with van der Waals surface area (Å²) >= 11 is 0. The highest BCUT2D eigenvalue weighted by Crippen LogP contribution is 2.03. The summed E-state index contributed by atoms with van der Waals surface area (Å²) in [6.45, 7) is 3.58. The van der Waals surface area contributed by atoms with E-state index in [0.717, 1.165) is 0 Å². The van der Waals surface area contributed by atoms with Gasteiger partial charge in [0, 0.05) is 38.4 Å². The van der Waals surface area contributed by atoms with Gasteiger partial charge >= 0.3 is 12.0 Å². The monoisotopic (exact) mass is 268 g/mol. The Balaban J connectivity index is 2.05. The molecule has 0 aromatic carbocycles. The molecular formula is C12H20N4O3. The zero-order valence-corrected chi connectivity index (χ0v) is 11.0. The van der Waals surface area contributed by atoms with Crippen LogP contribution in [0, 0.1) is 5.92 Å². The van der Waals surface area contributed by atoms with Crippen LogP contribution < -0.4 is 10.6 Å². The summed E-state index contributed by atoms with van der Waals surface area (Å²) in [7, 11) is 0. The summed E-state index contributed by atoms with van der Waals surface area (Å²) in [6.07, 6.45) is 5.89. The molecule has 0 aliphatic carbocycles. The van der Waals surface area contributed by atoms with Crippen LogP contribution in [0.4, 0.5) is 4.79 Å². The summed E-state index contributed by atoms with van der Waals surface area (Å²) in [4.78, 5) is 25.7. The van der Waals surface area contributed by atoms with Gasteiger partial charge in [-0.3, -0.25) is 4.79 Å². The molecule has 1 atom stereocenters. The van der Waals surface area contributed by atoms with E-state index in [2.05, 4.69) is 15.6 Å². The van der Waals surface area contributed by atoms with Crippen LogP contribution in [0.1, 0.15) is 19.8 Å². The Morgan fingerprint density at radius 1 is 1.42 bits per heavy atom. The minimum atomic E-state index is -0.809. The lowest BCUT2D eigenvalue weighted by atomic mass is 10.1. The Morgan fingerprint density at radius 2 is 2.21 bits per heavy atom. The number of imidazole rings is 1. The first-order valence-electron chi connectivity index (χ1n) is 6.27. The second kappa shape index (κ2) is 8.12. The van der Waals surface area contributed by atoms with Gasteiger partial charge in [-0.25, -0.2) is 9.78 Å². The summed E-state index contributed by atoms with van der Waals surface area (Å²) in [5, 5.41) is 14.0. The van der Waals surface area contributed by atoms with Crippen LogP contribution in [0.15, 0.2) is 18.7 Å². The molecule has 3 N–H and O–H groups in total. The minimum absolute atomic E-state index is 0.130. The first-order valence-corrected chi connectivity index (χ1v) is 6.27. The number of aromatic nitrogens is 2. The fraction of sp³-hybridized carbons (Fsp3) is 0.583. The Kier molecular flexibility index (Phi) is 6.42. The quantitative estimate of drug-likeness (QED) is 0.646. The molecule has 1 rings (SSSR count). The van der Waals surface area contributed by atoms with Crippen molar-refractivity contribution in [3.8, 4) is 0 Å². The molecule has 19 heavy (non-hydrogen) atoms. The molecule has 106 valence electrons. The maximum absolute atomic E-state index is 11.5. The van der Waals surface area contributed by atoms with Crippen LogP contribution in [-0.4, -0.2) is 39.7 Å². The molecule has 7 nitrogen and oxygen atoms in total. The number of carboxylic acids is 1. The lowest BCUT2D eigenvalue weighted by Crippen LogP contribution is -2.39. The molecule has 1 unspecified atom stereocenters. The van der Waals surface area contributed by atoms with Crippen LogP contribution in [0.5, 0.6) is 0 Å². The van der Waals surface area contributed by atoms with Gasteiger partial charge in [0.05, 0.1) is 6.33 Å². The van der Waals surface area contributed by atoms with Crippen molar-refractivity contribution in [1.29, 1.82) is 0 Å². The van der Waals surface area contributed by atoms with Crippen molar-refractivity contribution < 1.29 is 14.7 Å². The Morgan fingerprint density at radius 3 is 2.84 bits per heavy atom. The molecule has 0 radical (unpaired) electrons. The van der Waals surface area contributed by atoms with Crippen molar-refractivity contribution in [3.05, 3.63) is 18.7 Å². The van der Waals surface area contributed by atoms with Crippen molar-refractivity contribution in [2.24, 2.45) is 5.92 Å². The number of carbonyl (C=O) groups is 2. The average Bonchev–Trinajstić information content (AvgIpc) is 2.87. The van der Waals surface area contributed by atoms with Crippen molar-refractivity contribution in [1.82, 2.24) is 20.2 Å². The van der Waals surface area contributed by atoms with E-state index in [9.17, 15) is 9.59 Å². The van der Waals surface area contributed by atoms with Gasteiger partial charge in [-0.1, -0.05) is 6.92 Å². The predicted molar refractivity (Wildman–Crippen MR) is 69.7 cm³/mol. The van der Waals surface area contributed by atoms with Crippen LogP contribution in [0.2, 0.25) is 0 Å². The third-order valence-electron chi connectivity index (χ3n) is 2.68. The van der Waals surface area contributed by atoms with Gasteiger partial charge in [-0.15, -0.1) is 0 Å². The van der Waals surface area contributed by atoms with Gasteiger partial charge in [-0.05, 0) is 12.3 Å². The van der Waals surface area contributed by atoms with Crippen LogP contribution in [-0.2, 0) is 11.3 Å². The maximum Gasteiger partial charge on any atom is 0.314 e. The number of hydrogen-bond donors (Lipinski definition) is 3. The number of hydrogen-bond acceptors (Lipinski definition) is 3. The van der Waals surface area contributed by atoms with Crippen molar-refractivity contribution in [3.63, 3.8) is 0 Å². The SMILES string of the molecule is CC(CCC(=O)O)CNC(=O)NCCn1ccnc1. The predicted octanol–water partition coefficient (Wildman–Crippen LogP) is 0.683. The number of carboxylic acid groups (broad SMARTS) is 1. The molecule has 0 aliphatic heterocycles. The molecule has 2 amide bonds. The number of urea groups is 1. The lowest BCUT2D eigenvalue weighted by molar-refractivity contribution is -0.137. The average molecular weight is 268 g/mol. The number of nitrogens with one attached hydrogen (secondary N) is 2. The standard InChI is InChI=1S/C12H20N4O3/c1-10(2-3-11(17)18)8-15-12(19)14-5-7-16-6-4-13-9-16/h4,6,9-10H,2-3,5,7-8H2,1H3,(H,17,18)(H2,14,15,19). The van der Waals surface area contributed by atoms with Gasteiger partial charge in [0.2, 0.25) is 0 Å². The molecule has 0 aliphatic rings. The zero-order chi connectivity index (χ0) is 14.1. The van der Waals surface area contributed by atoms with Gasteiger partial charge in [0.15, 0.2) is 0 Å². The van der Waals surface area contributed by atoms with E-state index in [1.54, 1.807) is 12.5 Å². The van der Waals surface area contributed by atoms with Gasteiger partial charge in [-0.2, -0.15) is 0 Å². The third kappa shape index (κ3) is 7.07. The lowest BCUT2D eigenvalue weighted by Gasteiger charge is -2.12. The van der Waals surface area contributed by atoms with Crippen LogP contribution in [0.3, 0.4) is 0 Å². The van der Waals surface area contributed by atoms with Crippen molar-refractivity contribution >= 4 is 12.0 Å². The van der Waals surface area contributed by atoms with E-state index < -0.39 is 5.97 Å². The van der Waals surface area contributed by atoms with E-state index in [4.69, 9.17) is 5.11 Å². The molecule has 1 aromatic rings. The van der Waals surface area contributed by atoms with E-state index in [1.165, 1.54) is 0 Å². The van der Waals surface area contributed by atoms with E-state index in [1.807, 2.05) is 17.7 Å². The number of amides is 2. The topological polar surface area (TPSA) is 96.3 Å². The van der Waals surface area contributed by atoms with E-state index >= 15 is 0 Å². The third-order valence-corrected chi connectivity index (χ3v) is 2.68. The fourth-order valence-electron chi connectivity index (χ4n) is 1.52.